The third-order valence-electron chi connectivity index (χ3n) is 1.62. The summed E-state index contributed by atoms with van der Waals surface area (Å²) in [6, 6.07) is 0.389. The summed E-state index contributed by atoms with van der Waals surface area (Å²) in [5.41, 5.74) is 6.91. The first-order valence-electron chi connectivity index (χ1n) is 4.31. The number of hydrogen-bond donors (Lipinski definition) is 2. The summed E-state index contributed by atoms with van der Waals surface area (Å²) in [5.74, 6) is -2.62. The first-order chi connectivity index (χ1) is 6.56. The van der Waals surface area contributed by atoms with Gasteiger partial charge in [0.1, 0.15) is 6.42 Å². The monoisotopic (exact) mass is 397 g/mol. The molecule has 0 spiro atoms. The van der Waals surface area contributed by atoms with Gasteiger partial charge in [0.2, 0.25) is 0 Å². The van der Waals surface area contributed by atoms with E-state index in [-0.39, 0.29) is 21.1 Å². The fourth-order valence-electron chi connectivity index (χ4n) is 0.988. The molecule has 0 saturated carbocycles. The number of hydrogen-bond acceptors (Lipinski definition) is 2. The topological polar surface area (TPSA) is 112 Å². The summed E-state index contributed by atoms with van der Waals surface area (Å²) in [7, 11) is 0. The van der Waals surface area contributed by atoms with E-state index in [2.05, 4.69) is 5.32 Å². The smallest absolute Gasteiger partial charge is 0.679 e. The summed E-state index contributed by atoms with van der Waals surface area (Å²) in [4.78, 5) is 18.9. The fraction of sp³-hybridized carbons (Fsp3) is 0.750. The Kier molecular flexibility index (Phi) is 11.4. The van der Waals surface area contributed by atoms with Crippen LogP contribution in [0, 0.1) is 0 Å². The quantitative estimate of drug-likeness (QED) is 0.695. The van der Waals surface area contributed by atoms with Crippen LogP contribution in [0.3, 0.4) is 0 Å². The normalized spacial score (nSPS) is 18.3. The van der Waals surface area contributed by atoms with Crippen molar-refractivity contribution in [1.82, 2.24) is 0 Å². The Morgan fingerprint density at radius 1 is 1.33 bits per heavy atom. The van der Waals surface area contributed by atoms with Gasteiger partial charge in [0, 0.05) is 0 Å². The van der Waals surface area contributed by atoms with Crippen LogP contribution in [0.4, 0.5) is 0 Å². The van der Waals surface area contributed by atoms with E-state index in [0.29, 0.717) is 12.6 Å². The van der Waals surface area contributed by atoms with Crippen molar-refractivity contribution in [3.05, 3.63) is 11.1 Å². The zero-order valence-electron chi connectivity index (χ0n) is 8.09. The molecule has 1 heterocycles. The van der Waals surface area contributed by atoms with E-state index >= 15 is 0 Å². The van der Waals surface area contributed by atoms with Crippen molar-refractivity contribution in [3.63, 3.8) is 0 Å². The van der Waals surface area contributed by atoms with Crippen LogP contribution in [0.25, 0.3) is 11.1 Å². The fourth-order valence-corrected chi connectivity index (χ4v) is 0.988. The van der Waals surface area contributed by atoms with Crippen LogP contribution in [0.15, 0.2) is 0 Å². The van der Waals surface area contributed by atoms with Gasteiger partial charge in [-0.05, 0) is 0 Å². The van der Waals surface area contributed by atoms with Crippen LogP contribution in [-0.2, 0) is 30.7 Å². The third-order valence-corrected chi connectivity index (χ3v) is 1.62. The van der Waals surface area contributed by atoms with Crippen molar-refractivity contribution in [3.8, 4) is 0 Å². The molecule has 1 fully saturated rings. The number of carboxylic acid groups (broad SMARTS) is 2. The van der Waals surface area contributed by atoms with E-state index in [1.165, 1.54) is 6.42 Å². The molecule has 1 rings (SSSR count). The molecule has 15 heavy (non-hydrogen) atoms. The van der Waals surface area contributed by atoms with E-state index in [1.54, 1.807) is 0 Å². The van der Waals surface area contributed by atoms with E-state index < -0.39 is 18.4 Å². The Bertz CT molecular complexity index is 183. The van der Waals surface area contributed by atoms with Crippen molar-refractivity contribution in [2.24, 2.45) is 0 Å². The number of nitrogens with one attached hydrogen (secondary N) is 1. The number of nitrogens with zero attached hydrogens (tertiary/aromatic N) is 1. The molecule has 6 nitrogen and oxygen atoms in total. The van der Waals surface area contributed by atoms with Gasteiger partial charge in [-0.2, -0.15) is 12.6 Å². The number of carboxylic acids is 2. The van der Waals surface area contributed by atoms with Gasteiger partial charge in [0.15, 0.2) is 0 Å². The minimum atomic E-state index is -1.31. The van der Waals surface area contributed by atoms with E-state index in [4.69, 9.17) is 15.9 Å². The van der Waals surface area contributed by atoms with Crippen LogP contribution in [0.2, 0.25) is 0 Å². The second-order valence-corrected chi connectivity index (χ2v) is 2.87. The zero-order valence-corrected chi connectivity index (χ0v) is 10.4. The molecule has 1 saturated heterocycles. The second-order valence-electron chi connectivity index (χ2n) is 2.87. The van der Waals surface area contributed by atoms with Crippen LogP contribution >= 0.6 is 0 Å². The Morgan fingerprint density at radius 3 is 2.00 bits per heavy atom. The molecule has 0 aromatic rings. The Hall–Kier alpha value is -0.452. The average molecular weight is 397 g/mol. The molecule has 0 aliphatic carbocycles. The second kappa shape index (κ2) is 10.1. The summed E-state index contributed by atoms with van der Waals surface area (Å²) < 4.78 is 0. The molecule has 0 aromatic carbocycles. The molecule has 3 N–H and O–H groups in total. The maximum Gasteiger partial charge on any atom is 2.00 e. The van der Waals surface area contributed by atoms with Crippen LogP contribution < -0.4 is 0 Å². The molecule has 0 unspecified atom stereocenters. The van der Waals surface area contributed by atoms with Crippen molar-refractivity contribution in [2.75, 3.05) is 13.1 Å². The predicted molar refractivity (Wildman–Crippen MR) is 50.3 cm³/mol. The number of rotatable bonds is 3. The molecule has 7 heteroatoms. The summed E-state index contributed by atoms with van der Waals surface area (Å²) in [5, 5.41) is 19.6. The van der Waals surface area contributed by atoms with Gasteiger partial charge >= 0.3 is 33.0 Å². The van der Waals surface area contributed by atoms with E-state index in [9.17, 15) is 9.59 Å². The van der Waals surface area contributed by atoms with Crippen molar-refractivity contribution in [1.29, 1.82) is 0 Å². The zero-order chi connectivity index (χ0) is 11.0. The predicted octanol–water partition coefficient (Wildman–Crippen LogP) is 1.12. The Balaban J connectivity index is 0. The molecule has 0 bridgehead atoms. The third kappa shape index (κ3) is 11.5. The minimum absolute atomic E-state index is 0. The van der Waals surface area contributed by atoms with E-state index in [0.717, 1.165) is 13.0 Å². The molecular weight excluding hydrogens is 383 g/mol. The van der Waals surface area contributed by atoms with Crippen LogP contribution in [-0.4, -0.2) is 41.3 Å². The van der Waals surface area contributed by atoms with Crippen LogP contribution in [0.1, 0.15) is 19.3 Å². The molecule has 0 radical (unpaired) electrons. The Labute approximate surface area is 102 Å². The van der Waals surface area contributed by atoms with E-state index in [1.807, 2.05) is 0 Å². The van der Waals surface area contributed by atoms with Gasteiger partial charge in [-0.1, -0.05) is 12.8 Å². The van der Waals surface area contributed by atoms with Crippen molar-refractivity contribution < 1.29 is 40.9 Å². The SMILES string of the molecule is O=C(O)CC(=O)O.[NH-]C[C@@H]1CCC[N-]1.[Pt+2]. The Morgan fingerprint density at radius 2 is 1.87 bits per heavy atom. The first-order valence-corrected chi connectivity index (χ1v) is 4.31. The summed E-state index contributed by atoms with van der Waals surface area (Å²) >= 11 is 0. The standard InChI is InChI=1S/C5H10N2.C3H4O4.Pt/c6-4-5-2-1-3-7-5;4-2(5)1-3(6)7;/h5-6H,1-4H2;1H2,(H,4,5)(H,6,7);/q-2;;+2/t5-;;/m0../s1. The molecule has 1 aliphatic rings. The molecule has 0 aromatic heterocycles. The van der Waals surface area contributed by atoms with Crippen molar-refractivity contribution >= 4 is 11.9 Å². The van der Waals surface area contributed by atoms with Crippen molar-refractivity contribution in [2.45, 2.75) is 25.3 Å². The maximum atomic E-state index is 9.43. The molecular formula is C8H14N2O4Pt. The average Bonchev–Trinajstić information content (AvgIpc) is 2.53. The molecule has 0 amide bonds. The largest absolute Gasteiger partial charge is 2.00 e. The number of aliphatic carboxylic acids is 2. The van der Waals surface area contributed by atoms with Gasteiger partial charge in [0.05, 0.1) is 0 Å². The van der Waals surface area contributed by atoms with Gasteiger partial charge in [-0.3, -0.25) is 9.59 Å². The first kappa shape index (κ1) is 17.0. The summed E-state index contributed by atoms with van der Waals surface area (Å²) in [6.07, 6.45) is 1.56. The van der Waals surface area contributed by atoms with Gasteiger partial charge < -0.3 is 21.3 Å². The number of carbonyl (C=O) groups is 2. The molecule has 90 valence electrons. The molecule has 1 aliphatic heterocycles. The van der Waals surface area contributed by atoms with Gasteiger partial charge in [-0.15, -0.1) is 6.54 Å². The summed E-state index contributed by atoms with van der Waals surface area (Å²) in [6.45, 7) is 1.50. The van der Waals surface area contributed by atoms with Crippen LogP contribution in [0.5, 0.6) is 0 Å². The molecule has 1 atom stereocenters. The minimum Gasteiger partial charge on any atom is -0.679 e. The van der Waals surface area contributed by atoms with Gasteiger partial charge in [0.25, 0.3) is 0 Å². The maximum absolute atomic E-state index is 9.43. The van der Waals surface area contributed by atoms with Gasteiger partial charge in [-0.25, -0.2) is 0 Å².